The van der Waals surface area contributed by atoms with Crippen LogP contribution in [0.5, 0.6) is 11.8 Å². The van der Waals surface area contributed by atoms with Crippen LogP contribution in [0.4, 0.5) is 21.6 Å². The molecule has 1 fully saturated rings. The number of hydrogen-bond donors (Lipinski definition) is 2. The maximum atomic E-state index is 13.6. The number of benzene rings is 2. The average molecular weight is 486 g/mol. The average Bonchev–Trinajstić information content (AvgIpc) is 3.60. The summed E-state index contributed by atoms with van der Waals surface area (Å²) in [5.41, 5.74) is 1.58. The van der Waals surface area contributed by atoms with E-state index in [1.54, 1.807) is 24.3 Å². The lowest BCUT2D eigenvalue weighted by Gasteiger charge is -2.15. The van der Waals surface area contributed by atoms with Gasteiger partial charge in [-0.15, -0.1) is 0 Å². The van der Waals surface area contributed by atoms with Crippen molar-refractivity contribution in [3.05, 3.63) is 53.3 Å². The number of carbonyl (C=O) groups excluding carboxylic acids is 1. The zero-order valence-electron chi connectivity index (χ0n) is 19.1. The number of methoxy groups -OCH3 is 1. The largest absolute Gasteiger partial charge is 0.488 e. The molecule has 0 spiro atoms. The summed E-state index contributed by atoms with van der Waals surface area (Å²) in [5.74, 6) is 0.115. The van der Waals surface area contributed by atoms with E-state index in [1.807, 2.05) is 19.0 Å². The number of hydrogen-bond acceptors (Lipinski definition) is 7. The second-order valence-electron chi connectivity index (χ2n) is 8.15. The Bertz CT molecular complexity index is 1250. The first-order chi connectivity index (χ1) is 16.3. The number of carbonyl (C=O) groups is 1. The van der Waals surface area contributed by atoms with Gasteiger partial charge < -0.3 is 25.0 Å². The molecule has 4 rings (SSSR count). The Morgan fingerprint density at radius 2 is 2.06 bits per heavy atom. The first-order valence-electron chi connectivity index (χ1n) is 10.7. The molecule has 0 bridgehead atoms. The Morgan fingerprint density at radius 1 is 1.26 bits per heavy atom. The number of nitrogens with one attached hydrogen (secondary N) is 2. The van der Waals surface area contributed by atoms with Crippen LogP contribution in [0.15, 0.2) is 42.5 Å². The van der Waals surface area contributed by atoms with Crippen LogP contribution in [0.3, 0.4) is 0 Å². The highest BCUT2D eigenvalue weighted by molar-refractivity contribution is 6.31. The van der Waals surface area contributed by atoms with E-state index in [-0.39, 0.29) is 23.0 Å². The van der Waals surface area contributed by atoms with Crippen LogP contribution < -0.4 is 20.1 Å². The van der Waals surface area contributed by atoms with Crippen molar-refractivity contribution in [2.24, 2.45) is 0 Å². The lowest BCUT2D eigenvalue weighted by molar-refractivity contribution is -0.111. The van der Waals surface area contributed by atoms with Crippen LogP contribution in [-0.2, 0) is 4.79 Å². The SMILES string of the molecule is COc1nc(Nc2ccc(F)c(Cl)c2)c2cc(NC(=O)C=CCN(C)C)c(OC3CC3)cc2n1. The maximum absolute atomic E-state index is 13.6. The summed E-state index contributed by atoms with van der Waals surface area (Å²) in [6.45, 7) is 0.637. The second kappa shape index (κ2) is 10.2. The van der Waals surface area contributed by atoms with Gasteiger partial charge in [0.15, 0.2) is 0 Å². The zero-order chi connectivity index (χ0) is 24.2. The third-order valence-corrected chi connectivity index (χ3v) is 5.25. The zero-order valence-corrected chi connectivity index (χ0v) is 19.8. The van der Waals surface area contributed by atoms with Gasteiger partial charge in [-0.1, -0.05) is 17.7 Å². The van der Waals surface area contributed by atoms with E-state index in [0.29, 0.717) is 40.4 Å². The van der Waals surface area contributed by atoms with Crippen molar-refractivity contribution in [2.75, 3.05) is 38.4 Å². The molecule has 0 atom stereocenters. The molecule has 3 aromatic rings. The van der Waals surface area contributed by atoms with Gasteiger partial charge in [0.25, 0.3) is 0 Å². The monoisotopic (exact) mass is 485 g/mol. The highest BCUT2D eigenvalue weighted by Crippen LogP contribution is 2.38. The molecule has 1 heterocycles. The van der Waals surface area contributed by atoms with Gasteiger partial charge in [0.05, 0.1) is 29.4 Å². The quantitative estimate of drug-likeness (QED) is 0.422. The molecule has 1 aliphatic rings. The lowest BCUT2D eigenvalue weighted by atomic mass is 10.1. The molecule has 178 valence electrons. The van der Waals surface area contributed by atoms with Gasteiger partial charge in [-0.3, -0.25) is 4.79 Å². The molecule has 0 unspecified atom stereocenters. The van der Waals surface area contributed by atoms with E-state index in [2.05, 4.69) is 20.6 Å². The number of ether oxygens (including phenoxy) is 2. The molecule has 1 aromatic heterocycles. The highest BCUT2D eigenvalue weighted by atomic mass is 35.5. The summed E-state index contributed by atoms with van der Waals surface area (Å²) in [7, 11) is 5.31. The van der Waals surface area contributed by atoms with Gasteiger partial charge in [0.1, 0.15) is 17.4 Å². The van der Waals surface area contributed by atoms with E-state index in [4.69, 9.17) is 21.1 Å². The van der Waals surface area contributed by atoms with E-state index in [1.165, 1.54) is 25.3 Å². The fourth-order valence-corrected chi connectivity index (χ4v) is 3.32. The number of fused-ring (bicyclic) bond motifs is 1. The van der Waals surface area contributed by atoms with Gasteiger partial charge in [0.2, 0.25) is 5.91 Å². The van der Waals surface area contributed by atoms with Crippen molar-refractivity contribution in [3.8, 4) is 11.8 Å². The molecule has 0 radical (unpaired) electrons. The minimum absolute atomic E-state index is 0.0205. The summed E-state index contributed by atoms with van der Waals surface area (Å²) in [6, 6.07) is 7.91. The van der Waals surface area contributed by atoms with Crippen LogP contribution in [-0.4, -0.2) is 54.6 Å². The Hall–Kier alpha value is -3.43. The van der Waals surface area contributed by atoms with Gasteiger partial charge in [0, 0.05) is 29.8 Å². The molecule has 0 saturated heterocycles. The third kappa shape index (κ3) is 5.92. The first-order valence-corrected chi connectivity index (χ1v) is 11.1. The number of halogens is 2. The molecule has 1 aliphatic carbocycles. The second-order valence-corrected chi connectivity index (χ2v) is 8.56. The number of likely N-dealkylation sites (N-methyl/N-ethyl adjacent to an activating group) is 1. The molecular formula is C24H25ClFN5O3. The molecule has 8 nitrogen and oxygen atoms in total. The molecule has 2 aromatic carbocycles. The van der Waals surface area contributed by atoms with Crippen LogP contribution in [0.25, 0.3) is 10.9 Å². The Balaban J connectivity index is 1.73. The van der Waals surface area contributed by atoms with Crippen LogP contribution in [0.2, 0.25) is 5.02 Å². The molecule has 0 aliphatic heterocycles. The van der Waals surface area contributed by atoms with Crippen molar-refractivity contribution in [1.82, 2.24) is 14.9 Å². The van der Waals surface area contributed by atoms with Gasteiger partial charge in [-0.05, 0) is 51.2 Å². The molecule has 2 N–H and O–H groups in total. The summed E-state index contributed by atoms with van der Waals surface area (Å²) in [4.78, 5) is 23.3. The number of aromatic nitrogens is 2. The van der Waals surface area contributed by atoms with Crippen molar-refractivity contribution in [1.29, 1.82) is 0 Å². The Labute approximate surface area is 201 Å². The predicted octanol–water partition coefficient (Wildman–Crippen LogP) is 4.77. The van der Waals surface area contributed by atoms with Crippen molar-refractivity contribution < 1.29 is 18.7 Å². The van der Waals surface area contributed by atoms with Crippen LogP contribution >= 0.6 is 11.6 Å². The maximum Gasteiger partial charge on any atom is 0.318 e. The molecular weight excluding hydrogens is 461 g/mol. The van der Waals surface area contributed by atoms with Crippen molar-refractivity contribution in [2.45, 2.75) is 18.9 Å². The van der Waals surface area contributed by atoms with Crippen LogP contribution in [0.1, 0.15) is 12.8 Å². The number of rotatable bonds is 9. The van der Waals surface area contributed by atoms with E-state index in [9.17, 15) is 9.18 Å². The third-order valence-electron chi connectivity index (χ3n) is 4.96. The van der Waals surface area contributed by atoms with Gasteiger partial charge in [-0.2, -0.15) is 9.97 Å². The fourth-order valence-electron chi connectivity index (χ4n) is 3.14. The van der Waals surface area contributed by atoms with E-state index in [0.717, 1.165) is 12.8 Å². The highest BCUT2D eigenvalue weighted by Gasteiger charge is 2.26. The molecule has 1 saturated carbocycles. The van der Waals surface area contributed by atoms with Crippen LogP contribution in [0, 0.1) is 5.82 Å². The minimum Gasteiger partial charge on any atom is -0.488 e. The summed E-state index contributed by atoms with van der Waals surface area (Å²) >= 11 is 5.93. The predicted molar refractivity (Wildman–Crippen MR) is 131 cm³/mol. The van der Waals surface area contributed by atoms with Gasteiger partial charge in [-0.25, -0.2) is 4.39 Å². The molecule has 1 amide bonds. The summed E-state index contributed by atoms with van der Waals surface area (Å²) < 4.78 is 24.9. The number of anilines is 3. The first kappa shape index (κ1) is 23.7. The van der Waals surface area contributed by atoms with Crippen molar-refractivity contribution in [3.63, 3.8) is 0 Å². The van der Waals surface area contributed by atoms with Gasteiger partial charge >= 0.3 is 6.01 Å². The summed E-state index contributed by atoms with van der Waals surface area (Å²) in [6.07, 6.45) is 5.28. The fraction of sp³-hybridized carbons (Fsp3) is 0.292. The topological polar surface area (TPSA) is 88.6 Å². The normalized spacial score (nSPS) is 13.5. The molecule has 10 heteroatoms. The van der Waals surface area contributed by atoms with E-state index < -0.39 is 5.82 Å². The minimum atomic E-state index is -0.522. The Kier molecular flexibility index (Phi) is 7.14. The molecule has 34 heavy (non-hydrogen) atoms. The number of nitrogens with zero attached hydrogens (tertiary/aromatic N) is 3. The van der Waals surface area contributed by atoms with E-state index >= 15 is 0 Å². The standard InChI is InChI=1S/C24H25ClFN5O3/c1-31(2)10-4-5-22(32)28-20-12-16-19(13-21(20)34-15-7-8-15)29-24(33-3)30-23(16)27-14-6-9-18(26)17(25)11-14/h4-6,9,11-13,15H,7-8,10H2,1-3H3,(H,28,32)(H,27,29,30). The summed E-state index contributed by atoms with van der Waals surface area (Å²) in [5, 5.41) is 6.61. The smallest absolute Gasteiger partial charge is 0.318 e. The number of amides is 1. The Morgan fingerprint density at radius 3 is 2.74 bits per heavy atom. The van der Waals surface area contributed by atoms with Crippen molar-refractivity contribution >= 4 is 45.6 Å². The lowest BCUT2D eigenvalue weighted by Crippen LogP contribution is -2.13.